The van der Waals surface area contributed by atoms with Gasteiger partial charge in [-0.2, -0.15) is 13.5 Å². The first-order valence-electron chi connectivity index (χ1n) is 35.5. The van der Waals surface area contributed by atoms with Crippen LogP contribution >= 0.6 is 0 Å². The van der Waals surface area contributed by atoms with Crippen molar-refractivity contribution in [2.45, 2.75) is 131 Å². The molecule has 4 saturated heterocycles. The number of nitrogens with one attached hydrogen (secondary N) is 2. The molecule has 9 aromatic rings. The number of fused-ring (bicyclic) bond motifs is 2. The van der Waals surface area contributed by atoms with E-state index in [1.807, 2.05) is 67.4 Å². The van der Waals surface area contributed by atoms with Crippen LogP contribution in [0, 0.1) is 52.4 Å². The molecule has 10 heterocycles. The molecule has 2 atom stereocenters. The lowest BCUT2D eigenvalue weighted by molar-refractivity contribution is -0.131. The van der Waals surface area contributed by atoms with E-state index in [4.69, 9.17) is 10.7 Å². The number of nitrogens with zero attached hydrogens (tertiary/aromatic N) is 12. The van der Waals surface area contributed by atoms with Crippen molar-refractivity contribution in [2.75, 3.05) is 57.7 Å². The van der Waals surface area contributed by atoms with Gasteiger partial charge in [0.05, 0.1) is 22.0 Å². The summed E-state index contributed by atoms with van der Waals surface area (Å²) in [5.74, 6) is 1.47. The highest BCUT2D eigenvalue weighted by Gasteiger charge is 2.32. The number of nitrogens with two attached hydrogens (primary N) is 1. The number of hydrazone groups is 1. The van der Waals surface area contributed by atoms with Crippen molar-refractivity contribution >= 4 is 79.1 Å². The molecule has 4 amide bonds. The van der Waals surface area contributed by atoms with E-state index in [0.29, 0.717) is 56.4 Å². The lowest BCUT2D eigenvalue weighted by Gasteiger charge is -2.37. The second-order valence-electron chi connectivity index (χ2n) is 27.2. The van der Waals surface area contributed by atoms with Crippen molar-refractivity contribution in [2.24, 2.45) is 35.6 Å². The number of aromatic nitrogens is 7. The quantitative estimate of drug-likeness (QED) is 0.0549. The molecule has 104 heavy (non-hydrogen) atoms. The number of aryl methyl sites for hydroxylation is 6. The molecule has 0 radical (unpaired) electrons. The van der Waals surface area contributed by atoms with Crippen LogP contribution in [-0.2, 0) is 36.2 Å². The van der Waals surface area contributed by atoms with Crippen LogP contribution < -0.4 is 15.9 Å². The van der Waals surface area contributed by atoms with E-state index < -0.39 is 10.0 Å². The first-order chi connectivity index (χ1) is 49.9. The zero-order valence-electron chi connectivity index (χ0n) is 61.3. The predicted octanol–water partition coefficient (Wildman–Crippen LogP) is 11.9. The molecule has 24 heteroatoms. The number of benzene rings is 3. The van der Waals surface area contributed by atoms with E-state index >= 15 is 0 Å². The summed E-state index contributed by atoms with van der Waals surface area (Å²) in [5, 5.41) is 9.08. The highest BCUT2D eigenvalue weighted by molar-refractivity contribution is 7.89. The van der Waals surface area contributed by atoms with Gasteiger partial charge in [0.15, 0.2) is 12.1 Å². The number of aldehydes is 1. The number of carbonyl (C=O) groups is 6. The van der Waals surface area contributed by atoms with Gasteiger partial charge in [-0.25, -0.2) is 4.83 Å². The van der Waals surface area contributed by atoms with Crippen LogP contribution in [0.4, 0.5) is 5.69 Å². The van der Waals surface area contributed by atoms with Crippen LogP contribution in [0.5, 0.6) is 0 Å². The van der Waals surface area contributed by atoms with Crippen LogP contribution in [0.3, 0.4) is 0 Å². The normalized spacial score (nSPS) is 15.6. The average molecular weight is 1430 g/mol. The summed E-state index contributed by atoms with van der Waals surface area (Å²) in [5.41, 5.74) is 22.3. The number of sulfonamides is 1. The van der Waals surface area contributed by atoms with Gasteiger partial charge in [0.25, 0.3) is 10.0 Å². The molecule has 4 fully saturated rings. The SMILES string of the molecule is CC(=O)N1CCC(=NNS(=O)(=O)c2ccc(C)cc2)CC1.CC(=O)N1CCC(C(=O)c2cnccc2C)CC1.CC(=O)N1CCC(C(N)c2cnccc2C)CC1.CC(=O)N1CCC(C(Nc2cc(-c3ccc4ccn(C)c4c3)c3nccnc3c2)c2cnccc2C)CC1.Cc1ccncc1C=O. The number of hydrogen-bond acceptors (Lipinski definition) is 17. The topological polar surface area (TPSA) is 294 Å². The monoisotopic (exact) mass is 1430 g/mol. The summed E-state index contributed by atoms with van der Waals surface area (Å²) in [7, 11) is -1.55. The summed E-state index contributed by atoms with van der Waals surface area (Å²) >= 11 is 0. The van der Waals surface area contributed by atoms with Gasteiger partial charge in [-0.05, 0) is 190 Å². The second-order valence-corrected chi connectivity index (χ2v) is 28.9. The Morgan fingerprint density at radius 3 is 1.63 bits per heavy atom. The second kappa shape index (κ2) is 36.6. The number of hydrogen-bond donors (Lipinski definition) is 3. The number of amides is 4. The van der Waals surface area contributed by atoms with Crippen LogP contribution in [0.15, 0.2) is 163 Å². The molecule has 4 N–H and O–H groups in total. The van der Waals surface area contributed by atoms with Gasteiger partial charge in [0.1, 0.15) is 0 Å². The number of anilines is 1. The van der Waals surface area contributed by atoms with E-state index in [0.717, 1.165) is 132 Å². The molecule has 0 aliphatic carbocycles. The number of piperidine rings is 4. The summed E-state index contributed by atoms with van der Waals surface area (Å²) < 4.78 is 26.3. The number of Topliss-reactive ketones (excluding diaryl/α,β-unsaturated/α-hetero) is 1. The van der Waals surface area contributed by atoms with E-state index in [1.165, 1.54) is 34.5 Å². The van der Waals surface area contributed by atoms with Crippen LogP contribution in [0.25, 0.3) is 33.1 Å². The number of carbonyl (C=O) groups excluding carboxylic acids is 6. The van der Waals surface area contributed by atoms with Crippen molar-refractivity contribution in [3.8, 4) is 11.1 Å². The lowest BCUT2D eigenvalue weighted by atomic mass is 9.84. The van der Waals surface area contributed by atoms with Gasteiger partial charge in [-0.1, -0.05) is 29.8 Å². The third-order valence-corrected chi connectivity index (χ3v) is 21.4. The molecule has 0 bridgehead atoms. The molecule has 23 nitrogen and oxygen atoms in total. The van der Waals surface area contributed by atoms with Crippen molar-refractivity contribution in [1.29, 1.82) is 0 Å². The van der Waals surface area contributed by atoms with Gasteiger partial charge in [-0.3, -0.25) is 58.7 Å². The molecule has 546 valence electrons. The highest BCUT2D eigenvalue weighted by Crippen LogP contribution is 2.39. The molecule has 2 unspecified atom stereocenters. The van der Waals surface area contributed by atoms with Gasteiger partial charge in [0, 0.05) is 214 Å². The predicted molar refractivity (Wildman–Crippen MR) is 406 cm³/mol. The Hall–Kier alpha value is -10.5. The Morgan fingerprint density at radius 1 is 0.567 bits per heavy atom. The van der Waals surface area contributed by atoms with E-state index in [2.05, 4.69) is 114 Å². The Labute approximate surface area is 610 Å². The maximum absolute atomic E-state index is 12.4. The summed E-state index contributed by atoms with van der Waals surface area (Å²) in [6.07, 6.45) is 27.0. The summed E-state index contributed by atoms with van der Waals surface area (Å²) in [6.45, 7) is 22.1. The molecule has 4 aliphatic heterocycles. The minimum Gasteiger partial charge on any atom is -0.378 e. The lowest BCUT2D eigenvalue weighted by Crippen LogP contribution is -2.40. The average Bonchev–Trinajstić information content (AvgIpc) is 0.929. The first-order valence-corrected chi connectivity index (χ1v) is 37.0. The zero-order chi connectivity index (χ0) is 74.6. The number of rotatable bonds is 13. The van der Waals surface area contributed by atoms with Crippen molar-refractivity contribution in [1.82, 2.24) is 58.9 Å². The van der Waals surface area contributed by atoms with E-state index in [-0.39, 0.29) is 52.3 Å². The van der Waals surface area contributed by atoms with E-state index in [1.54, 1.807) is 98.2 Å². The maximum atomic E-state index is 12.4. The Bertz CT molecular complexity index is 4610. The Morgan fingerprint density at radius 2 is 1.09 bits per heavy atom. The van der Waals surface area contributed by atoms with Crippen LogP contribution in [0.1, 0.15) is 151 Å². The number of likely N-dealkylation sites (tertiary alicyclic amines) is 4. The number of pyridine rings is 4. The number of ketones is 1. The molecule has 0 saturated carbocycles. The molecule has 13 rings (SSSR count). The smallest absolute Gasteiger partial charge is 0.276 e. The minimum absolute atomic E-state index is 0.0310. The molecule has 4 aliphatic rings. The minimum atomic E-state index is -3.62. The fraction of sp³-hybridized carbons (Fsp3) is 0.388. The van der Waals surface area contributed by atoms with E-state index in [9.17, 15) is 37.2 Å². The van der Waals surface area contributed by atoms with Crippen LogP contribution in [0.2, 0.25) is 0 Å². The molecule has 6 aromatic heterocycles. The van der Waals surface area contributed by atoms with Gasteiger partial charge >= 0.3 is 0 Å². The van der Waals surface area contributed by atoms with Crippen molar-refractivity contribution < 1.29 is 37.2 Å². The van der Waals surface area contributed by atoms with Crippen LogP contribution in [-0.4, -0.2) is 156 Å². The maximum Gasteiger partial charge on any atom is 0.276 e. The molecular weight excluding hydrogens is 1330 g/mol. The Kier molecular flexibility index (Phi) is 27.3. The van der Waals surface area contributed by atoms with Gasteiger partial charge in [0.2, 0.25) is 23.6 Å². The fourth-order valence-corrected chi connectivity index (χ4v) is 14.4. The van der Waals surface area contributed by atoms with Gasteiger partial charge in [-0.15, -0.1) is 0 Å². The summed E-state index contributed by atoms with van der Waals surface area (Å²) in [4.78, 5) is 104. The fourth-order valence-electron chi connectivity index (χ4n) is 13.5. The first kappa shape index (κ1) is 77.7. The zero-order valence-corrected chi connectivity index (χ0v) is 62.1. The van der Waals surface area contributed by atoms with Crippen molar-refractivity contribution in [3.05, 3.63) is 203 Å². The third-order valence-electron chi connectivity index (χ3n) is 20.2. The largest absolute Gasteiger partial charge is 0.378 e. The molecular formula is C80H97N15O8S. The van der Waals surface area contributed by atoms with Gasteiger partial charge < -0.3 is 35.2 Å². The summed E-state index contributed by atoms with van der Waals surface area (Å²) in [6, 6.07) is 27.4. The van der Waals surface area contributed by atoms with Crippen molar-refractivity contribution in [3.63, 3.8) is 0 Å². The third kappa shape index (κ3) is 20.7. The molecule has 3 aromatic carbocycles. The highest BCUT2D eigenvalue weighted by atomic mass is 32.2. The molecule has 0 spiro atoms. The standard InChI is InChI=1S/C31H32N6O.C14H19N3O3S.C14H21N3O.C14H18N2O2.C7H7NO/c1-20-6-10-32-19-27(20)30(23-8-14-37(15-9-23)21(2)38)35-25-17-26(31-28(18-25)33-11-12-34-31)24-5-4-22-7-13-36(3)29(22)16-24;1-11-3-5-14(6-4-11)21(19,20)16-15-13-7-9-17(10-8-13)12(2)18;1-10-3-6-16-9-13(10)14(15)12-4-7-17(8-5-12)11(2)18;1-10-3-6-15-9-13(10)14(18)12-4-7-16(8-5-12)11(2)17;1-6-2-3-8-4-7(6)5-9/h4-7,10-13,16-19,23,30,35H,8-9,14-15H2,1-3H3;3-6,16H,7-10H2,1-2H3;3,6,9,12,14H,4-5,7-8,15H2,1-2H3;3,6,9,12H,4-5,7-8H2,1-2H3;2-5H,1H3. The Balaban J connectivity index is 0.000000163.